The molecule has 0 bridgehead atoms. The Morgan fingerprint density at radius 3 is 1.92 bits per heavy atom. The standard InChI is InChI=1S/C6H9IN2O2.C2H6/c1-2-9-5(10)3-8(7)4-6(9)11;1-2/h2-4H2,1H3;1-2H3. The number of likely N-dealkylation sites (N-methyl/N-ethyl adjacent to an activating group) is 1. The molecule has 1 rings (SSSR count). The van der Waals surface area contributed by atoms with E-state index in [1.807, 2.05) is 36.7 Å². The lowest BCUT2D eigenvalue weighted by Crippen LogP contribution is -2.50. The SMILES string of the molecule is CC.CCN1C(=O)CN(I)CC1=O. The third kappa shape index (κ3) is 3.60. The van der Waals surface area contributed by atoms with Gasteiger partial charge in [0.15, 0.2) is 0 Å². The largest absolute Gasteiger partial charge is 0.281 e. The highest BCUT2D eigenvalue weighted by molar-refractivity contribution is 14.1. The van der Waals surface area contributed by atoms with Crippen LogP contribution < -0.4 is 0 Å². The van der Waals surface area contributed by atoms with Gasteiger partial charge in [-0.15, -0.1) is 0 Å². The Balaban J connectivity index is 0.000000671. The number of hydrogen-bond acceptors (Lipinski definition) is 3. The Kier molecular flexibility index (Phi) is 6.23. The van der Waals surface area contributed by atoms with Crippen molar-refractivity contribution in [1.82, 2.24) is 8.01 Å². The third-order valence-corrected chi connectivity index (χ3v) is 2.21. The quantitative estimate of drug-likeness (QED) is 0.413. The molecular formula is C8H15IN2O2. The van der Waals surface area contributed by atoms with Crippen molar-refractivity contribution in [2.24, 2.45) is 0 Å². The van der Waals surface area contributed by atoms with Crippen molar-refractivity contribution in [3.63, 3.8) is 0 Å². The van der Waals surface area contributed by atoms with Gasteiger partial charge < -0.3 is 0 Å². The number of halogens is 1. The first-order valence-corrected chi connectivity index (χ1v) is 5.35. The Hall–Kier alpha value is -0.170. The highest BCUT2D eigenvalue weighted by atomic mass is 127. The number of rotatable bonds is 1. The second-order valence-corrected chi connectivity index (χ2v) is 3.68. The van der Waals surface area contributed by atoms with Crippen molar-refractivity contribution >= 4 is 34.7 Å². The predicted molar refractivity (Wildman–Crippen MR) is 59.3 cm³/mol. The van der Waals surface area contributed by atoms with Crippen LogP contribution in [0.1, 0.15) is 20.8 Å². The molecule has 0 aromatic rings. The molecule has 0 radical (unpaired) electrons. The van der Waals surface area contributed by atoms with Crippen LogP contribution in [0.4, 0.5) is 0 Å². The lowest BCUT2D eigenvalue weighted by atomic mass is 10.3. The lowest BCUT2D eigenvalue weighted by Gasteiger charge is -2.27. The van der Waals surface area contributed by atoms with Gasteiger partial charge in [0.05, 0.1) is 13.1 Å². The van der Waals surface area contributed by atoms with E-state index in [9.17, 15) is 9.59 Å². The first-order chi connectivity index (χ1) is 6.15. The zero-order valence-electron chi connectivity index (χ0n) is 8.21. The van der Waals surface area contributed by atoms with Gasteiger partial charge in [-0.05, 0) is 6.92 Å². The number of carbonyl (C=O) groups excluding carboxylic acids is 2. The van der Waals surface area contributed by atoms with Crippen LogP contribution in [-0.2, 0) is 9.59 Å². The average molecular weight is 298 g/mol. The second kappa shape index (κ2) is 6.31. The maximum Gasteiger partial charge on any atom is 0.244 e. The van der Waals surface area contributed by atoms with Crippen LogP contribution in [0.3, 0.4) is 0 Å². The van der Waals surface area contributed by atoms with E-state index in [-0.39, 0.29) is 11.8 Å². The summed E-state index contributed by atoms with van der Waals surface area (Å²) in [4.78, 5) is 23.5. The predicted octanol–water partition coefficient (Wildman–Crippen LogP) is 1.05. The molecule has 1 heterocycles. The van der Waals surface area contributed by atoms with Gasteiger partial charge in [0.1, 0.15) is 0 Å². The molecule has 2 amide bonds. The van der Waals surface area contributed by atoms with Gasteiger partial charge in [-0.25, -0.2) is 3.11 Å². The number of nitrogens with zero attached hydrogens (tertiary/aromatic N) is 2. The fourth-order valence-corrected chi connectivity index (χ4v) is 1.60. The van der Waals surface area contributed by atoms with Crippen LogP contribution in [0, 0.1) is 0 Å². The van der Waals surface area contributed by atoms with E-state index in [2.05, 4.69) is 0 Å². The van der Waals surface area contributed by atoms with Crippen molar-refractivity contribution in [2.45, 2.75) is 20.8 Å². The normalized spacial score (nSPS) is 18.3. The second-order valence-electron chi connectivity index (χ2n) is 2.31. The minimum Gasteiger partial charge on any atom is -0.281 e. The molecule has 5 heteroatoms. The number of imide groups is 1. The molecule has 13 heavy (non-hydrogen) atoms. The fraction of sp³-hybridized carbons (Fsp3) is 0.750. The smallest absolute Gasteiger partial charge is 0.244 e. The van der Waals surface area contributed by atoms with Crippen LogP contribution in [0.5, 0.6) is 0 Å². The van der Waals surface area contributed by atoms with E-state index in [0.717, 1.165) is 0 Å². The van der Waals surface area contributed by atoms with Crippen LogP contribution >= 0.6 is 22.9 Å². The molecule has 76 valence electrons. The molecule has 1 aliphatic rings. The van der Waals surface area contributed by atoms with E-state index in [1.165, 1.54) is 4.90 Å². The Morgan fingerprint density at radius 1 is 1.23 bits per heavy atom. The van der Waals surface area contributed by atoms with Crippen LogP contribution in [0.2, 0.25) is 0 Å². The molecule has 0 spiro atoms. The summed E-state index contributed by atoms with van der Waals surface area (Å²) in [5.41, 5.74) is 0. The summed E-state index contributed by atoms with van der Waals surface area (Å²) in [6.07, 6.45) is 0. The summed E-state index contributed by atoms with van der Waals surface area (Å²) in [5.74, 6) is -0.198. The van der Waals surface area contributed by atoms with E-state index < -0.39 is 0 Å². The summed E-state index contributed by atoms with van der Waals surface area (Å²) in [7, 11) is 0. The minimum absolute atomic E-state index is 0.0989. The van der Waals surface area contributed by atoms with Gasteiger partial charge in [-0.3, -0.25) is 14.5 Å². The van der Waals surface area contributed by atoms with Crippen molar-refractivity contribution in [2.75, 3.05) is 19.6 Å². The van der Waals surface area contributed by atoms with E-state index in [0.29, 0.717) is 19.6 Å². The fourth-order valence-electron chi connectivity index (χ4n) is 1.01. The van der Waals surface area contributed by atoms with Gasteiger partial charge in [0.2, 0.25) is 11.8 Å². The molecule has 0 saturated carbocycles. The van der Waals surface area contributed by atoms with Gasteiger partial charge in [0.25, 0.3) is 0 Å². The summed E-state index contributed by atoms with van der Waals surface area (Å²) in [5, 5.41) is 0. The maximum atomic E-state index is 11.1. The van der Waals surface area contributed by atoms with E-state index in [4.69, 9.17) is 0 Å². The lowest BCUT2D eigenvalue weighted by molar-refractivity contribution is -0.148. The Bertz CT molecular complexity index is 179. The molecule has 4 nitrogen and oxygen atoms in total. The minimum atomic E-state index is -0.0989. The van der Waals surface area contributed by atoms with Crippen LogP contribution in [0.25, 0.3) is 0 Å². The average Bonchev–Trinajstić information content (AvgIpc) is 2.07. The molecular weight excluding hydrogens is 283 g/mol. The summed E-state index contributed by atoms with van der Waals surface area (Å²) in [6.45, 7) is 6.99. The van der Waals surface area contributed by atoms with Crippen LogP contribution in [-0.4, -0.2) is 39.5 Å². The highest BCUT2D eigenvalue weighted by Crippen LogP contribution is 2.08. The topological polar surface area (TPSA) is 40.6 Å². The van der Waals surface area contributed by atoms with Crippen molar-refractivity contribution in [3.8, 4) is 0 Å². The molecule has 1 saturated heterocycles. The Labute approximate surface area is 92.8 Å². The number of hydrogen-bond donors (Lipinski definition) is 0. The Morgan fingerprint density at radius 2 is 1.62 bits per heavy atom. The van der Waals surface area contributed by atoms with Crippen molar-refractivity contribution < 1.29 is 9.59 Å². The number of carbonyl (C=O) groups is 2. The van der Waals surface area contributed by atoms with Crippen molar-refractivity contribution in [1.29, 1.82) is 0 Å². The van der Waals surface area contributed by atoms with E-state index >= 15 is 0 Å². The first-order valence-electron chi connectivity index (χ1n) is 4.39. The molecule has 0 aromatic carbocycles. The summed E-state index contributed by atoms with van der Waals surface area (Å²) < 4.78 is 1.69. The molecule has 0 aliphatic carbocycles. The first kappa shape index (κ1) is 12.8. The molecule has 1 fully saturated rings. The maximum absolute atomic E-state index is 11.1. The molecule has 1 aliphatic heterocycles. The van der Waals surface area contributed by atoms with E-state index in [1.54, 1.807) is 10.0 Å². The summed E-state index contributed by atoms with van der Waals surface area (Å²) >= 11 is 1.98. The number of amides is 2. The van der Waals surface area contributed by atoms with Gasteiger partial charge in [-0.2, -0.15) is 0 Å². The monoisotopic (exact) mass is 298 g/mol. The molecule has 0 atom stereocenters. The number of piperazine rings is 1. The zero-order chi connectivity index (χ0) is 10.4. The molecule has 0 N–H and O–H groups in total. The molecule has 0 aromatic heterocycles. The van der Waals surface area contributed by atoms with Gasteiger partial charge >= 0.3 is 0 Å². The summed E-state index contributed by atoms with van der Waals surface area (Å²) in [6, 6.07) is 0. The van der Waals surface area contributed by atoms with Gasteiger partial charge in [0, 0.05) is 29.4 Å². The third-order valence-electron chi connectivity index (χ3n) is 1.53. The zero-order valence-corrected chi connectivity index (χ0v) is 10.4. The molecule has 0 unspecified atom stereocenters. The van der Waals surface area contributed by atoms with Crippen molar-refractivity contribution in [3.05, 3.63) is 0 Å². The van der Waals surface area contributed by atoms with Gasteiger partial charge in [-0.1, -0.05) is 13.8 Å². The highest BCUT2D eigenvalue weighted by Gasteiger charge is 2.28. The van der Waals surface area contributed by atoms with Crippen LogP contribution in [0.15, 0.2) is 0 Å².